The number of amides is 1. The first-order valence-corrected chi connectivity index (χ1v) is 9.54. The average molecular weight is 396 g/mol. The second-order valence-corrected chi connectivity index (χ2v) is 7.15. The van der Waals surface area contributed by atoms with Gasteiger partial charge in [-0.05, 0) is 43.2 Å². The number of nitriles is 1. The van der Waals surface area contributed by atoms with Gasteiger partial charge >= 0.3 is 5.97 Å². The number of carbonyl (C=O) groups excluding carboxylic acids is 2. The van der Waals surface area contributed by atoms with Gasteiger partial charge in [-0.25, -0.2) is 9.18 Å². The van der Waals surface area contributed by atoms with Gasteiger partial charge in [0, 0.05) is 5.69 Å². The molecule has 0 spiro atoms. The summed E-state index contributed by atoms with van der Waals surface area (Å²) in [4.78, 5) is 26.7. The van der Waals surface area contributed by atoms with Crippen LogP contribution in [-0.4, -0.2) is 23.7 Å². The van der Waals surface area contributed by atoms with Gasteiger partial charge in [0.25, 0.3) is 0 Å². The molecule has 1 amide bonds. The summed E-state index contributed by atoms with van der Waals surface area (Å²) in [6.07, 6.45) is 0.438. The molecule has 0 N–H and O–H groups in total. The Morgan fingerprint density at radius 1 is 1.21 bits per heavy atom. The fourth-order valence-electron chi connectivity index (χ4n) is 2.83. The van der Waals surface area contributed by atoms with Gasteiger partial charge in [0.05, 0.1) is 11.9 Å². The van der Waals surface area contributed by atoms with Gasteiger partial charge in [0.1, 0.15) is 16.9 Å². The third-order valence-electron chi connectivity index (χ3n) is 4.11. The maximum Gasteiger partial charge on any atom is 0.351 e. The molecule has 0 saturated carbocycles. The molecule has 1 saturated heterocycles. The molecular formula is C21H17FN2O3S. The van der Waals surface area contributed by atoms with E-state index >= 15 is 0 Å². The molecule has 0 aliphatic carbocycles. The Balaban J connectivity index is 2.03. The van der Waals surface area contributed by atoms with E-state index < -0.39 is 17.0 Å². The minimum Gasteiger partial charge on any atom is -0.462 e. The van der Waals surface area contributed by atoms with Crippen molar-refractivity contribution in [3.05, 3.63) is 76.6 Å². The first kappa shape index (κ1) is 19.6. The predicted octanol–water partition coefficient (Wildman–Crippen LogP) is 3.82. The molecule has 7 heteroatoms. The minimum absolute atomic E-state index is 0.111. The topological polar surface area (TPSA) is 70.4 Å². The summed E-state index contributed by atoms with van der Waals surface area (Å²) in [7, 11) is 0. The van der Waals surface area contributed by atoms with Gasteiger partial charge in [0.15, 0.2) is 5.57 Å². The van der Waals surface area contributed by atoms with Gasteiger partial charge in [-0.15, -0.1) is 0 Å². The van der Waals surface area contributed by atoms with Crippen LogP contribution in [0.15, 0.2) is 65.2 Å². The fraction of sp³-hybridized carbons (Fsp3) is 0.190. The van der Waals surface area contributed by atoms with Crippen molar-refractivity contribution in [1.29, 1.82) is 5.26 Å². The number of anilines is 1. The van der Waals surface area contributed by atoms with Crippen molar-refractivity contribution >= 4 is 29.3 Å². The first-order chi connectivity index (χ1) is 13.5. The molecule has 0 radical (unpaired) electrons. The predicted molar refractivity (Wildman–Crippen MR) is 105 cm³/mol. The third kappa shape index (κ3) is 4.07. The number of benzene rings is 2. The summed E-state index contributed by atoms with van der Waals surface area (Å²) in [6.45, 7) is 1.75. The van der Waals surface area contributed by atoms with Crippen molar-refractivity contribution < 1.29 is 18.7 Å². The van der Waals surface area contributed by atoms with E-state index in [9.17, 15) is 19.2 Å². The Morgan fingerprint density at radius 3 is 2.50 bits per heavy atom. The minimum atomic E-state index is -0.784. The van der Waals surface area contributed by atoms with Crippen molar-refractivity contribution in [3.63, 3.8) is 0 Å². The van der Waals surface area contributed by atoms with Gasteiger partial charge in [-0.3, -0.25) is 9.69 Å². The maximum atomic E-state index is 13.3. The van der Waals surface area contributed by atoms with E-state index in [1.54, 1.807) is 6.92 Å². The van der Waals surface area contributed by atoms with E-state index in [4.69, 9.17) is 4.74 Å². The van der Waals surface area contributed by atoms with Gasteiger partial charge in [-0.1, -0.05) is 42.1 Å². The van der Waals surface area contributed by atoms with Crippen LogP contribution in [0.25, 0.3) is 0 Å². The summed E-state index contributed by atoms with van der Waals surface area (Å²) in [5, 5.41) is 9.23. The summed E-state index contributed by atoms with van der Waals surface area (Å²) < 4.78 is 18.3. The Bertz CT molecular complexity index is 952. The molecule has 28 heavy (non-hydrogen) atoms. The summed E-state index contributed by atoms with van der Waals surface area (Å²) in [5.74, 6) is -1.50. The van der Waals surface area contributed by atoms with E-state index in [-0.39, 0.29) is 23.1 Å². The number of hydrogen-bond donors (Lipinski definition) is 0. The normalized spacial score (nSPS) is 18.0. The molecule has 0 unspecified atom stereocenters. The molecular weight excluding hydrogens is 379 g/mol. The lowest BCUT2D eigenvalue weighted by molar-refractivity contribution is -0.138. The van der Waals surface area contributed by atoms with Crippen LogP contribution in [0.1, 0.15) is 12.5 Å². The smallest absolute Gasteiger partial charge is 0.351 e. The third-order valence-corrected chi connectivity index (χ3v) is 5.37. The van der Waals surface area contributed by atoms with E-state index in [0.29, 0.717) is 12.1 Å². The van der Waals surface area contributed by atoms with Gasteiger partial charge in [-0.2, -0.15) is 5.26 Å². The van der Waals surface area contributed by atoms with E-state index in [1.165, 1.54) is 29.2 Å². The number of rotatable bonds is 5. The summed E-state index contributed by atoms with van der Waals surface area (Å²) in [6, 6.07) is 16.7. The lowest BCUT2D eigenvalue weighted by atomic mass is 10.1. The average Bonchev–Trinajstić information content (AvgIpc) is 3.00. The van der Waals surface area contributed by atoms with Crippen molar-refractivity contribution in [2.45, 2.75) is 18.6 Å². The van der Waals surface area contributed by atoms with Crippen LogP contribution in [0.4, 0.5) is 10.1 Å². The molecule has 1 aliphatic rings. The molecule has 3 rings (SSSR count). The van der Waals surface area contributed by atoms with E-state index in [1.807, 2.05) is 36.4 Å². The van der Waals surface area contributed by atoms with E-state index in [0.717, 1.165) is 17.3 Å². The lowest BCUT2D eigenvalue weighted by Gasteiger charge is -2.18. The van der Waals surface area contributed by atoms with Crippen molar-refractivity contribution in [3.8, 4) is 6.07 Å². The number of thioether (sulfide) groups is 1. The molecule has 0 bridgehead atoms. The number of esters is 1. The highest BCUT2D eigenvalue weighted by atomic mass is 32.2. The lowest BCUT2D eigenvalue weighted by Crippen LogP contribution is -2.30. The Morgan fingerprint density at radius 2 is 1.89 bits per heavy atom. The molecule has 1 fully saturated rings. The van der Waals surface area contributed by atoms with Crippen LogP contribution in [-0.2, 0) is 20.7 Å². The molecule has 0 aromatic heterocycles. The van der Waals surface area contributed by atoms with Crippen LogP contribution in [0.3, 0.4) is 0 Å². The number of ether oxygens (including phenoxy) is 1. The van der Waals surface area contributed by atoms with Crippen LogP contribution < -0.4 is 4.90 Å². The first-order valence-electron chi connectivity index (χ1n) is 8.66. The zero-order chi connectivity index (χ0) is 20.1. The van der Waals surface area contributed by atoms with Crippen LogP contribution >= 0.6 is 11.8 Å². The van der Waals surface area contributed by atoms with Gasteiger partial charge in [0.2, 0.25) is 5.91 Å². The molecule has 2 aromatic carbocycles. The molecule has 5 nitrogen and oxygen atoms in total. The van der Waals surface area contributed by atoms with Gasteiger partial charge < -0.3 is 4.74 Å². The summed E-state index contributed by atoms with van der Waals surface area (Å²) >= 11 is 1.15. The second-order valence-electron chi connectivity index (χ2n) is 5.96. The van der Waals surface area contributed by atoms with Crippen LogP contribution in [0, 0.1) is 17.1 Å². The van der Waals surface area contributed by atoms with Crippen molar-refractivity contribution in [2.75, 3.05) is 11.5 Å². The zero-order valence-electron chi connectivity index (χ0n) is 15.1. The van der Waals surface area contributed by atoms with Crippen molar-refractivity contribution in [1.82, 2.24) is 0 Å². The molecule has 1 aliphatic heterocycles. The number of nitrogens with zero attached hydrogens (tertiary/aromatic N) is 2. The zero-order valence-corrected chi connectivity index (χ0v) is 15.9. The highest BCUT2D eigenvalue weighted by molar-refractivity contribution is 8.05. The highest BCUT2D eigenvalue weighted by Gasteiger charge is 2.41. The largest absolute Gasteiger partial charge is 0.462 e. The molecule has 1 heterocycles. The standard InChI is InChI=1S/C21H17FN2O3S/c1-2-27-21(26)17(13-23)20-24(16-10-8-15(22)9-11-16)19(25)18(28-20)12-14-6-4-3-5-7-14/h3-11,18H,2,12H2,1H3/b20-17+/t18-/m0/s1. The fourth-order valence-corrected chi connectivity index (χ4v) is 4.13. The van der Waals surface area contributed by atoms with Crippen LogP contribution in [0.2, 0.25) is 0 Å². The highest BCUT2D eigenvalue weighted by Crippen LogP contribution is 2.42. The quantitative estimate of drug-likeness (QED) is 0.437. The Kier molecular flexibility index (Phi) is 6.12. The molecule has 1 atom stereocenters. The number of hydrogen-bond acceptors (Lipinski definition) is 5. The number of carbonyl (C=O) groups is 2. The Labute approximate surface area is 166 Å². The van der Waals surface area contributed by atoms with Crippen molar-refractivity contribution in [2.24, 2.45) is 0 Å². The monoisotopic (exact) mass is 396 g/mol. The Hall–Kier alpha value is -3.11. The second kappa shape index (κ2) is 8.72. The summed E-state index contributed by atoms with van der Waals surface area (Å²) in [5.41, 5.74) is 1.12. The number of halogens is 1. The maximum absolute atomic E-state index is 13.3. The van der Waals surface area contributed by atoms with E-state index in [2.05, 4.69) is 0 Å². The molecule has 142 valence electrons. The van der Waals surface area contributed by atoms with Crippen LogP contribution in [0.5, 0.6) is 0 Å². The molecule has 2 aromatic rings. The SMILES string of the molecule is CCOC(=O)/C(C#N)=C1/S[C@@H](Cc2ccccc2)C(=O)N1c1ccc(F)cc1.